The van der Waals surface area contributed by atoms with E-state index in [0.29, 0.717) is 5.56 Å². The molecule has 3 heteroatoms. The Labute approximate surface area is 101 Å². The molecular formula is C14H17NO2. The summed E-state index contributed by atoms with van der Waals surface area (Å²) in [5.74, 6) is -0.852. The molecule has 0 saturated carbocycles. The summed E-state index contributed by atoms with van der Waals surface area (Å²) in [6.45, 7) is 5.72. The summed E-state index contributed by atoms with van der Waals surface area (Å²) < 4.78 is 0. The van der Waals surface area contributed by atoms with Crippen molar-refractivity contribution in [1.29, 1.82) is 0 Å². The molecular weight excluding hydrogens is 214 g/mol. The van der Waals surface area contributed by atoms with Gasteiger partial charge in [0.1, 0.15) is 0 Å². The maximum absolute atomic E-state index is 11.2. The number of carboxylic acid groups (broad SMARTS) is 1. The second kappa shape index (κ2) is 4.62. The van der Waals surface area contributed by atoms with E-state index in [1.54, 1.807) is 6.07 Å². The molecule has 3 nitrogen and oxygen atoms in total. The zero-order valence-electron chi connectivity index (χ0n) is 10.2. The van der Waals surface area contributed by atoms with Gasteiger partial charge in [-0.15, -0.1) is 0 Å². The fraction of sp³-hybridized carbons (Fsp3) is 0.357. The average Bonchev–Trinajstić information content (AvgIpc) is 2.30. The van der Waals surface area contributed by atoms with Crippen molar-refractivity contribution in [2.24, 2.45) is 0 Å². The Bertz CT molecular complexity index is 477. The maximum atomic E-state index is 11.2. The molecule has 1 aromatic carbocycles. The van der Waals surface area contributed by atoms with Gasteiger partial charge in [0, 0.05) is 13.1 Å². The lowest BCUT2D eigenvalue weighted by Gasteiger charge is -2.28. The third-order valence-corrected chi connectivity index (χ3v) is 3.16. The number of rotatable bonds is 2. The van der Waals surface area contributed by atoms with Crippen LogP contribution in [0.25, 0.3) is 0 Å². The highest BCUT2D eigenvalue weighted by Crippen LogP contribution is 2.25. The van der Waals surface area contributed by atoms with Crippen LogP contribution >= 0.6 is 0 Å². The minimum atomic E-state index is -0.852. The van der Waals surface area contributed by atoms with Crippen molar-refractivity contribution in [3.63, 3.8) is 0 Å². The molecule has 0 saturated heterocycles. The summed E-state index contributed by atoms with van der Waals surface area (Å²) >= 11 is 0. The first kappa shape index (κ1) is 11.7. The molecule has 0 atom stereocenters. The van der Waals surface area contributed by atoms with Crippen molar-refractivity contribution in [2.75, 3.05) is 18.0 Å². The Morgan fingerprint density at radius 3 is 2.71 bits per heavy atom. The van der Waals surface area contributed by atoms with Crippen LogP contribution in [0.3, 0.4) is 0 Å². The van der Waals surface area contributed by atoms with Crippen LogP contribution in [0.4, 0.5) is 5.69 Å². The molecule has 0 amide bonds. The van der Waals surface area contributed by atoms with Crippen LogP contribution in [0, 0.1) is 6.92 Å². The SMILES string of the molecule is CC1=CCN(c2ccc(C)cc2C(=O)O)CC1. The highest BCUT2D eigenvalue weighted by atomic mass is 16.4. The topological polar surface area (TPSA) is 40.5 Å². The van der Waals surface area contributed by atoms with Gasteiger partial charge in [-0.2, -0.15) is 0 Å². The Hall–Kier alpha value is -1.77. The number of carbonyl (C=O) groups is 1. The highest BCUT2D eigenvalue weighted by molar-refractivity contribution is 5.94. The Morgan fingerprint density at radius 2 is 2.12 bits per heavy atom. The smallest absolute Gasteiger partial charge is 0.337 e. The van der Waals surface area contributed by atoms with Crippen molar-refractivity contribution in [3.05, 3.63) is 41.0 Å². The third kappa shape index (κ3) is 2.49. The van der Waals surface area contributed by atoms with Gasteiger partial charge in [0.25, 0.3) is 0 Å². The third-order valence-electron chi connectivity index (χ3n) is 3.16. The molecule has 0 aromatic heterocycles. The zero-order chi connectivity index (χ0) is 12.4. The number of hydrogen-bond donors (Lipinski definition) is 1. The molecule has 0 fully saturated rings. The predicted molar refractivity (Wildman–Crippen MR) is 68.7 cm³/mol. The van der Waals surface area contributed by atoms with Crippen LogP contribution in [-0.2, 0) is 0 Å². The Kier molecular flexibility index (Phi) is 3.18. The molecule has 90 valence electrons. The van der Waals surface area contributed by atoms with Gasteiger partial charge >= 0.3 is 5.97 Å². The summed E-state index contributed by atoms with van der Waals surface area (Å²) in [7, 11) is 0. The molecule has 17 heavy (non-hydrogen) atoms. The van der Waals surface area contributed by atoms with E-state index >= 15 is 0 Å². The molecule has 2 rings (SSSR count). The van der Waals surface area contributed by atoms with E-state index in [-0.39, 0.29) is 0 Å². The van der Waals surface area contributed by atoms with Crippen LogP contribution < -0.4 is 4.90 Å². The number of nitrogens with zero attached hydrogens (tertiary/aromatic N) is 1. The molecule has 0 aliphatic carbocycles. The van der Waals surface area contributed by atoms with Gasteiger partial charge in [0.2, 0.25) is 0 Å². The Balaban J connectivity index is 2.35. The standard InChI is InChI=1S/C14H17NO2/c1-10-5-7-15(8-6-10)13-4-3-11(2)9-12(13)14(16)17/h3-5,9H,6-8H2,1-2H3,(H,16,17). The summed E-state index contributed by atoms with van der Waals surface area (Å²) in [5, 5.41) is 9.23. The second-order valence-electron chi connectivity index (χ2n) is 4.57. The molecule has 0 radical (unpaired) electrons. The minimum absolute atomic E-state index is 0.401. The summed E-state index contributed by atoms with van der Waals surface area (Å²) in [4.78, 5) is 13.4. The van der Waals surface area contributed by atoms with Crippen LogP contribution in [0.1, 0.15) is 29.3 Å². The Morgan fingerprint density at radius 1 is 1.35 bits per heavy atom. The quantitative estimate of drug-likeness (QED) is 0.796. The molecule has 1 aromatic rings. The van der Waals surface area contributed by atoms with Gasteiger partial charge in [0.05, 0.1) is 11.3 Å². The van der Waals surface area contributed by atoms with Gasteiger partial charge < -0.3 is 10.0 Å². The number of benzene rings is 1. The van der Waals surface area contributed by atoms with E-state index < -0.39 is 5.97 Å². The minimum Gasteiger partial charge on any atom is -0.478 e. The largest absolute Gasteiger partial charge is 0.478 e. The van der Waals surface area contributed by atoms with E-state index in [1.807, 2.05) is 19.1 Å². The maximum Gasteiger partial charge on any atom is 0.337 e. The van der Waals surface area contributed by atoms with Gasteiger partial charge in [-0.25, -0.2) is 4.79 Å². The van der Waals surface area contributed by atoms with Crippen molar-refractivity contribution >= 4 is 11.7 Å². The summed E-state index contributed by atoms with van der Waals surface area (Å²) in [6.07, 6.45) is 3.17. The number of hydrogen-bond acceptors (Lipinski definition) is 2. The molecule has 0 bridgehead atoms. The number of carboxylic acids is 1. The van der Waals surface area contributed by atoms with E-state index in [1.165, 1.54) is 5.57 Å². The average molecular weight is 231 g/mol. The first-order valence-corrected chi connectivity index (χ1v) is 5.82. The molecule has 0 unspecified atom stereocenters. The van der Waals surface area contributed by atoms with E-state index in [4.69, 9.17) is 0 Å². The number of anilines is 1. The van der Waals surface area contributed by atoms with Crippen LogP contribution in [0.5, 0.6) is 0 Å². The number of aryl methyl sites for hydroxylation is 1. The zero-order valence-corrected chi connectivity index (χ0v) is 10.2. The van der Waals surface area contributed by atoms with Crippen LogP contribution in [-0.4, -0.2) is 24.2 Å². The van der Waals surface area contributed by atoms with Gasteiger partial charge in [-0.3, -0.25) is 0 Å². The normalized spacial score (nSPS) is 15.6. The van der Waals surface area contributed by atoms with E-state index in [0.717, 1.165) is 30.8 Å². The second-order valence-corrected chi connectivity index (χ2v) is 4.57. The van der Waals surface area contributed by atoms with E-state index in [9.17, 15) is 9.90 Å². The van der Waals surface area contributed by atoms with Crippen molar-refractivity contribution in [1.82, 2.24) is 0 Å². The highest BCUT2D eigenvalue weighted by Gasteiger charge is 2.17. The van der Waals surface area contributed by atoms with E-state index in [2.05, 4.69) is 17.9 Å². The lowest BCUT2D eigenvalue weighted by molar-refractivity contribution is 0.0697. The lowest BCUT2D eigenvalue weighted by Crippen LogP contribution is -2.29. The first-order valence-electron chi connectivity index (χ1n) is 5.82. The fourth-order valence-electron chi connectivity index (χ4n) is 2.09. The molecule has 1 N–H and O–H groups in total. The van der Waals surface area contributed by atoms with Crippen LogP contribution in [0.2, 0.25) is 0 Å². The monoisotopic (exact) mass is 231 g/mol. The number of aromatic carboxylic acids is 1. The van der Waals surface area contributed by atoms with Crippen molar-refractivity contribution in [2.45, 2.75) is 20.3 Å². The van der Waals surface area contributed by atoms with Crippen molar-refractivity contribution in [3.8, 4) is 0 Å². The molecule has 1 aliphatic rings. The fourth-order valence-corrected chi connectivity index (χ4v) is 2.09. The van der Waals surface area contributed by atoms with Gasteiger partial charge in [-0.05, 0) is 32.4 Å². The molecule has 1 heterocycles. The first-order chi connectivity index (χ1) is 8.08. The van der Waals surface area contributed by atoms with Gasteiger partial charge in [-0.1, -0.05) is 23.3 Å². The van der Waals surface area contributed by atoms with Gasteiger partial charge in [0.15, 0.2) is 0 Å². The summed E-state index contributed by atoms with van der Waals surface area (Å²) in [5.41, 5.74) is 3.59. The predicted octanol–water partition coefficient (Wildman–Crippen LogP) is 2.85. The lowest BCUT2D eigenvalue weighted by atomic mass is 10.1. The van der Waals surface area contributed by atoms with Crippen LogP contribution in [0.15, 0.2) is 29.8 Å². The molecule has 1 aliphatic heterocycles. The molecule has 0 spiro atoms. The van der Waals surface area contributed by atoms with Crippen molar-refractivity contribution < 1.29 is 9.90 Å². The summed E-state index contributed by atoms with van der Waals surface area (Å²) in [6, 6.07) is 5.61.